The molecule has 0 bridgehead atoms. The highest BCUT2D eigenvalue weighted by Crippen LogP contribution is 2.24. The molecule has 0 fully saturated rings. The number of hydrogen-bond acceptors (Lipinski definition) is 4. The molecule has 74 valence electrons. The summed E-state index contributed by atoms with van der Waals surface area (Å²) in [5.41, 5.74) is 3.54. The Balaban J connectivity index is 0.000000671. The van der Waals surface area contributed by atoms with E-state index in [1.54, 1.807) is 0 Å². The van der Waals surface area contributed by atoms with Crippen LogP contribution in [0.5, 0.6) is 0 Å². The quantitative estimate of drug-likeness (QED) is 0.500. The van der Waals surface area contributed by atoms with E-state index in [4.69, 9.17) is 4.55 Å². The van der Waals surface area contributed by atoms with Crippen LogP contribution in [-0.4, -0.2) is 4.55 Å². The van der Waals surface area contributed by atoms with Crippen molar-refractivity contribution in [3.8, 4) is 0 Å². The Bertz CT molecular complexity index is 253. The summed E-state index contributed by atoms with van der Waals surface area (Å²) in [5, 5.41) is 4.19. The third-order valence-electron chi connectivity index (χ3n) is 1.70. The van der Waals surface area contributed by atoms with Crippen molar-refractivity contribution in [3.63, 3.8) is 0 Å². The highest BCUT2D eigenvalue weighted by Gasteiger charge is 2.02. The van der Waals surface area contributed by atoms with Crippen LogP contribution >= 0.6 is 24.9 Å². The molecular weight excluding hydrogens is 202 g/mol. The molecule has 2 nitrogen and oxygen atoms in total. The number of nitrogens with two attached hydrogens (primary N) is 1. The van der Waals surface area contributed by atoms with E-state index in [2.05, 4.69) is 37.0 Å². The number of aryl methyl sites for hydroxylation is 3. The van der Waals surface area contributed by atoms with E-state index in [9.17, 15) is 0 Å². The smallest absolute Gasteiger partial charge is 0.0409 e. The zero-order valence-corrected chi connectivity index (χ0v) is 9.75. The molecule has 0 unspecified atom stereocenters. The topological polar surface area (TPSA) is 46.2 Å². The molecule has 0 atom stereocenters. The molecule has 0 saturated carbocycles. The lowest BCUT2D eigenvalue weighted by Gasteiger charge is -2.06. The van der Waals surface area contributed by atoms with Gasteiger partial charge in [0.2, 0.25) is 0 Å². The van der Waals surface area contributed by atoms with Gasteiger partial charge in [-0.25, -0.2) is 0 Å². The van der Waals surface area contributed by atoms with Crippen molar-refractivity contribution in [2.75, 3.05) is 0 Å². The Labute approximate surface area is 89.3 Å². The first-order valence-corrected chi connectivity index (χ1v) is 5.09. The maximum Gasteiger partial charge on any atom is 0.0409 e. The Hall–Kier alpha value is -0.160. The monoisotopic (exact) mass is 217 g/mol. The average molecular weight is 217 g/mol. The van der Waals surface area contributed by atoms with Gasteiger partial charge in [0, 0.05) is 16.9 Å². The number of rotatable bonds is 1. The minimum absolute atomic E-state index is 0.831. The molecule has 3 N–H and O–H groups in total. The average Bonchev–Trinajstić information content (AvgIpc) is 2.07. The lowest BCUT2D eigenvalue weighted by Crippen LogP contribution is -1.86. The molecule has 0 amide bonds. The summed E-state index contributed by atoms with van der Waals surface area (Å²) in [6.45, 7) is 6.09. The van der Waals surface area contributed by atoms with Crippen LogP contribution in [-0.2, 0) is 0 Å². The van der Waals surface area contributed by atoms with Gasteiger partial charge in [0.25, 0.3) is 0 Å². The lowest BCUT2D eigenvalue weighted by atomic mass is 10.1. The zero-order valence-electron chi connectivity index (χ0n) is 8.03. The molecule has 4 heteroatoms. The molecule has 0 aliphatic heterocycles. The standard InChI is InChI=1S/C9H12OS.H3NS/c1-6-4-7(2)9(11-10)8(3)5-6;1-2/h4-5,10H,1-3H3;2H,1H2. The van der Waals surface area contributed by atoms with Crippen LogP contribution in [0.2, 0.25) is 0 Å². The summed E-state index contributed by atoms with van der Waals surface area (Å²) in [7, 11) is 0. The Kier molecular flexibility index (Phi) is 6.24. The molecule has 1 aromatic carbocycles. The molecule has 0 radical (unpaired) electrons. The van der Waals surface area contributed by atoms with Crippen LogP contribution in [0.25, 0.3) is 0 Å². The Morgan fingerprint density at radius 3 is 1.85 bits per heavy atom. The second kappa shape index (κ2) is 6.32. The second-order valence-electron chi connectivity index (χ2n) is 2.82. The summed E-state index contributed by atoms with van der Waals surface area (Å²) in [6, 6.07) is 4.15. The highest BCUT2D eigenvalue weighted by molar-refractivity contribution is 7.93. The molecule has 0 aliphatic rings. The largest absolute Gasteiger partial charge is 0.325 e. The predicted octanol–water partition coefficient (Wildman–Crippen LogP) is 2.97. The van der Waals surface area contributed by atoms with E-state index in [1.807, 2.05) is 13.8 Å². The molecule has 0 aromatic heterocycles. The van der Waals surface area contributed by atoms with E-state index in [0.717, 1.165) is 28.1 Å². The van der Waals surface area contributed by atoms with Crippen LogP contribution in [0.15, 0.2) is 17.0 Å². The van der Waals surface area contributed by atoms with Gasteiger partial charge < -0.3 is 4.55 Å². The number of thiol groups is 1. The molecular formula is C9H15NOS2. The highest BCUT2D eigenvalue weighted by atomic mass is 32.2. The van der Waals surface area contributed by atoms with Crippen molar-refractivity contribution in [2.45, 2.75) is 25.7 Å². The molecule has 0 saturated heterocycles. The normalized spacial score (nSPS) is 9.08. The van der Waals surface area contributed by atoms with Gasteiger partial charge in [-0.15, -0.1) is 12.8 Å². The maximum absolute atomic E-state index is 8.91. The first-order valence-electron chi connectivity index (χ1n) is 3.80. The summed E-state index contributed by atoms with van der Waals surface area (Å²) < 4.78 is 8.91. The van der Waals surface area contributed by atoms with Crippen molar-refractivity contribution >= 4 is 24.9 Å². The SMILES string of the molecule is Cc1cc(C)c(SO)c(C)c1.NS. The number of hydrogen-bond donors (Lipinski definition) is 3. The third-order valence-corrected chi connectivity index (χ3v) is 2.52. The fourth-order valence-electron chi connectivity index (χ4n) is 1.31. The lowest BCUT2D eigenvalue weighted by molar-refractivity contribution is 0.662. The molecule has 0 aliphatic carbocycles. The zero-order chi connectivity index (χ0) is 10.4. The van der Waals surface area contributed by atoms with Gasteiger partial charge in [-0.05, 0) is 31.9 Å². The fourth-order valence-corrected chi connectivity index (χ4v) is 1.72. The predicted molar refractivity (Wildman–Crippen MR) is 62.3 cm³/mol. The third kappa shape index (κ3) is 3.60. The van der Waals surface area contributed by atoms with Gasteiger partial charge in [0.05, 0.1) is 0 Å². The minimum Gasteiger partial charge on any atom is -0.325 e. The number of benzene rings is 1. The fraction of sp³-hybridized carbons (Fsp3) is 0.333. The van der Waals surface area contributed by atoms with Crippen molar-refractivity contribution in [3.05, 3.63) is 28.8 Å². The van der Waals surface area contributed by atoms with Gasteiger partial charge in [-0.1, -0.05) is 17.7 Å². The summed E-state index contributed by atoms with van der Waals surface area (Å²) in [4.78, 5) is 0.982. The second-order valence-corrected chi connectivity index (χ2v) is 3.41. The van der Waals surface area contributed by atoms with Crippen molar-refractivity contribution in [1.29, 1.82) is 0 Å². The van der Waals surface area contributed by atoms with Crippen LogP contribution in [0.1, 0.15) is 16.7 Å². The van der Waals surface area contributed by atoms with Gasteiger partial charge in [0.15, 0.2) is 0 Å². The van der Waals surface area contributed by atoms with E-state index in [-0.39, 0.29) is 0 Å². The van der Waals surface area contributed by atoms with Crippen LogP contribution in [0.3, 0.4) is 0 Å². The summed E-state index contributed by atoms with van der Waals surface area (Å²) in [5.74, 6) is 0. The van der Waals surface area contributed by atoms with Crippen molar-refractivity contribution in [2.24, 2.45) is 5.14 Å². The molecule has 0 spiro atoms. The van der Waals surface area contributed by atoms with Crippen LogP contribution in [0.4, 0.5) is 0 Å². The molecule has 0 heterocycles. The maximum atomic E-state index is 8.91. The van der Waals surface area contributed by atoms with E-state index < -0.39 is 0 Å². The van der Waals surface area contributed by atoms with E-state index in [1.165, 1.54) is 5.56 Å². The van der Waals surface area contributed by atoms with Gasteiger partial charge in [0.1, 0.15) is 0 Å². The Morgan fingerprint density at radius 2 is 1.54 bits per heavy atom. The van der Waals surface area contributed by atoms with E-state index in [0.29, 0.717) is 0 Å². The molecule has 1 rings (SSSR count). The minimum atomic E-state index is 0.831. The van der Waals surface area contributed by atoms with E-state index >= 15 is 0 Å². The first-order chi connectivity index (χ1) is 6.15. The van der Waals surface area contributed by atoms with Gasteiger partial charge in [-0.3, -0.25) is 5.14 Å². The van der Waals surface area contributed by atoms with Crippen LogP contribution < -0.4 is 5.14 Å². The Morgan fingerprint density at radius 1 is 1.15 bits per heavy atom. The summed E-state index contributed by atoms with van der Waals surface area (Å²) >= 11 is 3.86. The first kappa shape index (κ1) is 12.8. The van der Waals surface area contributed by atoms with Gasteiger partial charge >= 0.3 is 0 Å². The van der Waals surface area contributed by atoms with Gasteiger partial charge in [-0.2, -0.15) is 0 Å². The molecule has 1 aromatic rings. The summed E-state index contributed by atoms with van der Waals surface area (Å²) in [6.07, 6.45) is 0. The van der Waals surface area contributed by atoms with Crippen LogP contribution in [0, 0.1) is 20.8 Å². The van der Waals surface area contributed by atoms with Crippen molar-refractivity contribution < 1.29 is 4.55 Å². The molecule has 13 heavy (non-hydrogen) atoms. The van der Waals surface area contributed by atoms with Crippen molar-refractivity contribution in [1.82, 2.24) is 0 Å².